The molecule has 0 amide bonds. The van der Waals surface area contributed by atoms with Gasteiger partial charge in [-0.05, 0) is 44.1 Å². The van der Waals surface area contributed by atoms with Gasteiger partial charge in [0.2, 0.25) is 0 Å². The van der Waals surface area contributed by atoms with Gasteiger partial charge in [0.25, 0.3) is 0 Å². The minimum Gasteiger partial charge on any atom is -0.390 e. The normalized spacial score (nSPS) is 21.1. The van der Waals surface area contributed by atoms with E-state index >= 15 is 0 Å². The largest absolute Gasteiger partial charge is 0.390 e. The van der Waals surface area contributed by atoms with Crippen LogP contribution < -0.4 is 16.4 Å². The SMILES string of the molecule is Cc1nc(N2CCC3(CCC[C@H]3N)CC2)c(CO)nc1-c1cc(N)nc(Cl)c1Cl. The molecule has 0 unspecified atom stereocenters. The first-order valence-corrected chi connectivity index (χ1v) is 10.7. The number of aliphatic hydroxyl groups excluding tert-OH is 1. The average molecular weight is 437 g/mol. The Balaban J connectivity index is 1.66. The molecule has 1 saturated heterocycles. The number of nitrogens with two attached hydrogens (primary N) is 2. The second-order valence-electron chi connectivity index (χ2n) is 8.13. The molecule has 0 radical (unpaired) electrons. The number of rotatable bonds is 3. The predicted octanol–water partition coefficient (Wildman–Crippen LogP) is 3.33. The van der Waals surface area contributed by atoms with Crippen LogP contribution in [-0.2, 0) is 6.61 Å². The van der Waals surface area contributed by atoms with Crippen molar-refractivity contribution in [2.45, 2.75) is 51.7 Å². The fraction of sp³-hybridized carbons (Fsp3) is 0.550. The number of aliphatic hydroxyl groups is 1. The van der Waals surface area contributed by atoms with Gasteiger partial charge in [-0.2, -0.15) is 0 Å². The van der Waals surface area contributed by atoms with Gasteiger partial charge in [-0.3, -0.25) is 0 Å². The number of nitrogens with zero attached hydrogens (tertiary/aromatic N) is 4. The third-order valence-corrected chi connectivity index (χ3v) is 7.25. The van der Waals surface area contributed by atoms with Crippen LogP contribution in [0.25, 0.3) is 11.3 Å². The van der Waals surface area contributed by atoms with Gasteiger partial charge in [0, 0.05) is 24.7 Å². The van der Waals surface area contributed by atoms with Crippen molar-refractivity contribution in [2.24, 2.45) is 11.1 Å². The first kappa shape index (κ1) is 20.6. The molecular formula is C20H26Cl2N6O. The maximum Gasteiger partial charge on any atom is 0.153 e. The Morgan fingerprint density at radius 3 is 2.55 bits per heavy atom. The number of nitrogen functional groups attached to an aromatic ring is 1. The first-order valence-electron chi connectivity index (χ1n) is 9.95. The number of halogens is 2. The molecule has 29 heavy (non-hydrogen) atoms. The van der Waals surface area contributed by atoms with Crippen LogP contribution in [0.5, 0.6) is 0 Å². The minimum absolute atomic E-state index is 0.117. The molecule has 2 aromatic rings. The third kappa shape index (κ3) is 3.65. The van der Waals surface area contributed by atoms with Gasteiger partial charge in [-0.25, -0.2) is 15.0 Å². The highest BCUT2D eigenvalue weighted by Crippen LogP contribution is 2.46. The zero-order valence-corrected chi connectivity index (χ0v) is 18.0. The number of hydrogen-bond acceptors (Lipinski definition) is 7. The van der Waals surface area contributed by atoms with E-state index in [0.717, 1.165) is 38.2 Å². The van der Waals surface area contributed by atoms with Crippen LogP contribution in [0.4, 0.5) is 11.6 Å². The van der Waals surface area contributed by atoms with E-state index in [1.54, 1.807) is 6.07 Å². The molecule has 156 valence electrons. The van der Waals surface area contributed by atoms with Crippen molar-refractivity contribution in [3.05, 3.63) is 27.6 Å². The summed E-state index contributed by atoms with van der Waals surface area (Å²) >= 11 is 12.4. The van der Waals surface area contributed by atoms with Gasteiger partial charge in [-0.15, -0.1) is 0 Å². The van der Waals surface area contributed by atoms with Crippen LogP contribution >= 0.6 is 23.2 Å². The average Bonchev–Trinajstić information content (AvgIpc) is 3.05. The molecule has 1 aliphatic carbocycles. The highest BCUT2D eigenvalue weighted by Gasteiger charge is 2.43. The van der Waals surface area contributed by atoms with E-state index < -0.39 is 0 Å². The molecular weight excluding hydrogens is 411 g/mol. The fourth-order valence-corrected chi connectivity index (χ4v) is 5.18. The summed E-state index contributed by atoms with van der Waals surface area (Å²) in [6, 6.07) is 1.92. The molecule has 5 N–H and O–H groups in total. The molecule has 9 heteroatoms. The second kappa shape index (κ2) is 7.87. The summed E-state index contributed by atoms with van der Waals surface area (Å²) in [7, 11) is 0. The van der Waals surface area contributed by atoms with Crippen molar-refractivity contribution in [1.82, 2.24) is 15.0 Å². The van der Waals surface area contributed by atoms with Crippen LogP contribution in [0.15, 0.2) is 6.07 Å². The summed E-state index contributed by atoms with van der Waals surface area (Å²) in [5.74, 6) is 0.971. The maximum atomic E-state index is 9.99. The molecule has 7 nitrogen and oxygen atoms in total. The Morgan fingerprint density at radius 1 is 1.21 bits per heavy atom. The number of hydrogen-bond donors (Lipinski definition) is 3. The summed E-state index contributed by atoms with van der Waals surface area (Å²) in [6.45, 7) is 3.38. The molecule has 0 aromatic carbocycles. The minimum atomic E-state index is -0.220. The van der Waals surface area contributed by atoms with Crippen molar-refractivity contribution in [3.63, 3.8) is 0 Å². The van der Waals surface area contributed by atoms with Crippen molar-refractivity contribution in [1.29, 1.82) is 0 Å². The Morgan fingerprint density at radius 2 is 1.93 bits per heavy atom. The molecule has 1 atom stereocenters. The third-order valence-electron chi connectivity index (χ3n) is 6.50. The van der Waals surface area contributed by atoms with Gasteiger partial charge >= 0.3 is 0 Å². The van der Waals surface area contributed by atoms with Gasteiger partial charge in [-0.1, -0.05) is 29.6 Å². The summed E-state index contributed by atoms with van der Waals surface area (Å²) in [4.78, 5) is 15.6. The number of piperidine rings is 1. The summed E-state index contributed by atoms with van der Waals surface area (Å²) < 4.78 is 0. The molecule has 2 aromatic heterocycles. The van der Waals surface area contributed by atoms with E-state index in [0.29, 0.717) is 28.7 Å². The molecule has 0 bridgehead atoms. The lowest BCUT2D eigenvalue weighted by Gasteiger charge is -2.42. The highest BCUT2D eigenvalue weighted by molar-refractivity contribution is 6.43. The lowest BCUT2D eigenvalue weighted by molar-refractivity contribution is 0.196. The van der Waals surface area contributed by atoms with E-state index in [2.05, 4.69) is 14.9 Å². The molecule has 3 heterocycles. The Hall–Kier alpha value is -1.67. The number of aryl methyl sites for hydroxylation is 1. The molecule has 1 spiro atoms. The van der Waals surface area contributed by atoms with E-state index in [1.165, 1.54) is 12.8 Å². The Labute approximate surface area is 180 Å². The van der Waals surface area contributed by atoms with Crippen LogP contribution in [0, 0.1) is 12.3 Å². The van der Waals surface area contributed by atoms with Crippen LogP contribution in [0.1, 0.15) is 43.5 Å². The molecule has 2 aliphatic rings. The highest BCUT2D eigenvalue weighted by atomic mass is 35.5. The fourth-order valence-electron chi connectivity index (χ4n) is 4.80. The maximum absolute atomic E-state index is 9.99. The van der Waals surface area contributed by atoms with Crippen molar-refractivity contribution >= 4 is 34.8 Å². The molecule has 1 saturated carbocycles. The lowest BCUT2D eigenvalue weighted by Crippen LogP contribution is -2.47. The topological polar surface area (TPSA) is 114 Å². The van der Waals surface area contributed by atoms with Crippen molar-refractivity contribution < 1.29 is 5.11 Å². The molecule has 1 aliphatic heterocycles. The summed E-state index contributed by atoms with van der Waals surface area (Å²) in [5.41, 5.74) is 14.8. The van der Waals surface area contributed by atoms with Gasteiger partial charge in [0.1, 0.15) is 11.5 Å². The Bertz CT molecular complexity index is 930. The predicted molar refractivity (Wildman–Crippen MR) is 116 cm³/mol. The first-order chi connectivity index (χ1) is 13.8. The van der Waals surface area contributed by atoms with Crippen LogP contribution in [0.2, 0.25) is 10.2 Å². The molecule has 4 rings (SSSR count). The Kier molecular flexibility index (Phi) is 5.59. The second-order valence-corrected chi connectivity index (χ2v) is 8.87. The van der Waals surface area contributed by atoms with Crippen LogP contribution in [0.3, 0.4) is 0 Å². The zero-order chi connectivity index (χ0) is 20.8. The number of anilines is 2. The molecule has 2 fully saturated rings. The standard InChI is InChI=1S/C20H26Cl2N6O/c1-11-17(12-9-15(24)27-18(22)16(12)21)26-13(10-29)19(25-11)28-7-5-20(6-8-28)4-2-3-14(20)23/h9,14,29H,2-8,10,23H2,1H3,(H2,24,27)/t14-/m1/s1. The van der Waals surface area contributed by atoms with Crippen molar-refractivity contribution in [2.75, 3.05) is 23.7 Å². The summed E-state index contributed by atoms with van der Waals surface area (Å²) in [5, 5.41) is 10.4. The zero-order valence-electron chi connectivity index (χ0n) is 16.5. The van der Waals surface area contributed by atoms with E-state index in [4.69, 9.17) is 39.7 Å². The van der Waals surface area contributed by atoms with E-state index in [1.807, 2.05) is 6.92 Å². The van der Waals surface area contributed by atoms with Gasteiger partial charge in [0.05, 0.1) is 23.0 Å². The summed E-state index contributed by atoms with van der Waals surface area (Å²) in [6.07, 6.45) is 5.64. The van der Waals surface area contributed by atoms with Gasteiger partial charge in [0.15, 0.2) is 11.0 Å². The number of aromatic nitrogens is 3. The monoisotopic (exact) mass is 436 g/mol. The van der Waals surface area contributed by atoms with Crippen LogP contribution in [-0.4, -0.2) is 39.2 Å². The van der Waals surface area contributed by atoms with Crippen molar-refractivity contribution in [3.8, 4) is 11.3 Å². The quantitative estimate of drug-likeness (QED) is 0.631. The smallest absolute Gasteiger partial charge is 0.153 e. The van der Waals surface area contributed by atoms with Gasteiger partial charge < -0.3 is 21.5 Å². The van der Waals surface area contributed by atoms with E-state index in [9.17, 15) is 5.11 Å². The lowest BCUT2D eigenvalue weighted by atomic mass is 9.74. The van der Waals surface area contributed by atoms with E-state index in [-0.39, 0.29) is 28.0 Å². The number of pyridine rings is 1.